The van der Waals surface area contributed by atoms with Crippen molar-refractivity contribution in [3.63, 3.8) is 0 Å². The van der Waals surface area contributed by atoms with Crippen molar-refractivity contribution in [2.24, 2.45) is 0 Å². The number of ether oxygens (including phenoxy) is 4. The highest BCUT2D eigenvalue weighted by molar-refractivity contribution is 5.80. The Morgan fingerprint density at radius 2 is 1.59 bits per heavy atom. The number of benzene rings is 2. The van der Waals surface area contributed by atoms with E-state index >= 15 is 0 Å². The Hall–Kier alpha value is -2.89. The highest BCUT2D eigenvalue weighted by Gasteiger charge is 2.17. The van der Waals surface area contributed by atoms with E-state index in [1.54, 1.807) is 40.4 Å². The zero-order valence-corrected chi connectivity index (χ0v) is 16.7. The predicted molar refractivity (Wildman–Crippen MR) is 104 cm³/mol. The summed E-state index contributed by atoms with van der Waals surface area (Å²) in [7, 11) is 4.66. The van der Waals surface area contributed by atoms with Crippen molar-refractivity contribution in [1.82, 2.24) is 5.32 Å². The van der Waals surface area contributed by atoms with Gasteiger partial charge in [-0.2, -0.15) is 0 Å². The molecule has 1 N–H and O–H groups in total. The van der Waals surface area contributed by atoms with Gasteiger partial charge < -0.3 is 24.3 Å². The Morgan fingerprint density at radius 1 is 0.963 bits per heavy atom. The molecule has 0 unspecified atom stereocenters. The Balaban J connectivity index is 2.04. The molecule has 1 atom stereocenters. The van der Waals surface area contributed by atoms with Crippen LogP contribution in [0.25, 0.3) is 0 Å². The standard InChI is InChI=1S/C21H27NO5/c1-13-7-8-17(14(2)9-13)27-15(3)21(23)22-12-16-10-18(24-4)20(26-6)19(11-16)25-5/h7-11,15H,12H2,1-6H3,(H,22,23)/t15-/m0/s1. The van der Waals surface area contributed by atoms with Crippen molar-refractivity contribution in [3.8, 4) is 23.0 Å². The first-order chi connectivity index (χ1) is 12.9. The van der Waals surface area contributed by atoms with Gasteiger partial charge in [0.1, 0.15) is 5.75 Å². The molecule has 0 aromatic heterocycles. The van der Waals surface area contributed by atoms with E-state index in [9.17, 15) is 4.79 Å². The van der Waals surface area contributed by atoms with Crippen LogP contribution < -0.4 is 24.3 Å². The molecule has 0 spiro atoms. The second kappa shape index (κ2) is 9.16. The number of hydrogen-bond acceptors (Lipinski definition) is 5. The lowest BCUT2D eigenvalue weighted by atomic mass is 10.1. The maximum absolute atomic E-state index is 12.4. The number of carbonyl (C=O) groups is 1. The number of amides is 1. The van der Waals surface area contributed by atoms with E-state index in [0.29, 0.717) is 29.5 Å². The van der Waals surface area contributed by atoms with Crippen LogP contribution in [0.5, 0.6) is 23.0 Å². The van der Waals surface area contributed by atoms with Crippen molar-refractivity contribution >= 4 is 5.91 Å². The largest absolute Gasteiger partial charge is 0.493 e. The molecule has 0 aliphatic rings. The van der Waals surface area contributed by atoms with Gasteiger partial charge in [-0.3, -0.25) is 4.79 Å². The number of nitrogens with one attached hydrogen (secondary N) is 1. The first-order valence-corrected chi connectivity index (χ1v) is 8.70. The molecule has 0 bridgehead atoms. The Kier molecular flexibility index (Phi) is 6.93. The molecule has 0 fully saturated rings. The minimum Gasteiger partial charge on any atom is -0.493 e. The van der Waals surface area contributed by atoms with Gasteiger partial charge in [-0.15, -0.1) is 0 Å². The van der Waals surface area contributed by atoms with E-state index in [4.69, 9.17) is 18.9 Å². The third kappa shape index (κ3) is 5.06. The fourth-order valence-corrected chi connectivity index (χ4v) is 2.75. The molecular weight excluding hydrogens is 346 g/mol. The maximum Gasteiger partial charge on any atom is 0.261 e. The van der Waals surface area contributed by atoms with Crippen molar-refractivity contribution in [2.45, 2.75) is 33.4 Å². The van der Waals surface area contributed by atoms with Gasteiger partial charge in [0.25, 0.3) is 5.91 Å². The summed E-state index contributed by atoms with van der Waals surface area (Å²) in [6.07, 6.45) is -0.617. The second-order valence-corrected chi connectivity index (χ2v) is 6.28. The number of methoxy groups -OCH3 is 3. The van der Waals surface area contributed by atoms with Crippen LogP contribution in [0.3, 0.4) is 0 Å². The maximum atomic E-state index is 12.4. The summed E-state index contributed by atoms with van der Waals surface area (Å²) in [5, 5.41) is 2.87. The van der Waals surface area contributed by atoms with E-state index in [1.807, 2.05) is 32.0 Å². The normalized spacial score (nSPS) is 11.5. The van der Waals surface area contributed by atoms with Crippen molar-refractivity contribution in [3.05, 3.63) is 47.0 Å². The second-order valence-electron chi connectivity index (χ2n) is 6.28. The predicted octanol–water partition coefficient (Wildman–Crippen LogP) is 3.41. The highest BCUT2D eigenvalue weighted by Crippen LogP contribution is 2.38. The van der Waals surface area contributed by atoms with Gasteiger partial charge in [0.05, 0.1) is 21.3 Å². The average Bonchev–Trinajstić information content (AvgIpc) is 2.66. The quantitative estimate of drug-likeness (QED) is 0.768. The molecule has 146 valence electrons. The van der Waals surface area contributed by atoms with Crippen molar-refractivity contribution in [2.75, 3.05) is 21.3 Å². The smallest absolute Gasteiger partial charge is 0.261 e. The Morgan fingerprint density at radius 3 is 2.11 bits per heavy atom. The zero-order chi connectivity index (χ0) is 20.0. The fraction of sp³-hybridized carbons (Fsp3) is 0.381. The third-order valence-electron chi connectivity index (χ3n) is 4.19. The van der Waals surface area contributed by atoms with Gasteiger partial charge in [0.15, 0.2) is 17.6 Å². The zero-order valence-electron chi connectivity index (χ0n) is 16.7. The highest BCUT2D eigenvalue weighted by atomic mass is 16.5. The number of rotatable bonds is 8. The van der Waals surface area contributed by atoms with Gasteiger partial charge in [-0.1, -0.05) is 17.7 Å². The number of carbonyl (C=O) groups excluding carboxylic acids is 1. The molecule has 6 heteroatoms. The number of aryl methyl sites for hydroxylation is 2. The Labute approximate surface area is 160 Å². The molecule has 2 aromatic rings. The van der Waals surface area contributed by atoms with E-state index in [0.717, 1.165) is 16.7 Å². The van der Waals surface area contributed by atoms with E-state index < -0.39 is 6.10 Å². The monoisotopic (exact) mass is 373 g/mol. The molecule has 0 aliphatic carbocycles. The van der Waals surface area contributed by atoms with Crippen LogP contribution >= 0.6 is 0 Å². The third-order valence-corrected chi connectivity index (χ3v) is 4.19. The fourth-order valence-electron chi connectivity index (χ4n) is 2.75. The molecule has 0 saturated carbocycles. The molecular formula is C21H27NO5. The van der Waals surface area contributed by atoms with Crippen LogP contribution in [0, 0.1) is 13.8 Å². The van der Waals surface area contributed by atoms with Gasteiger partial charge in [0, 0.05) is 6.54 Å². The van der Waals surface area contributed by atoms with Crippen LogP contribution in [-0.2, 0) is 11.3 Å². The minimum absolute atomic E-state index is 0.205. The molecule has 0 saturated heterocycles. The molecule has 1 amide bonds. The SMILES string of the molecule is COc1cc(CNC(=O)[C@H](C)Oc2ccc(C)cc2C)cc(OC)c1OC. The first kappa shape index (κ1) is 20.4. The van der Waals surface area contributed by atoms with E-state index in [1.165, 1.54) is 0 Å². The van der Waals surface area contributed by atoms with Crippen LogP contribution in [0.2, 0.25) is 0 Å². The average molecular weight is 373 g/mol. The first-order valence-electron chi connectivity index (χ1n) is 8.70. The molecule has 6 nitrogen and oxygen atoms in total. The lowest BCUT2D eigenvalue weighted by Gasteiger charge is -2.17. The van der Waals surface area contributed by atoms with Gasteiger partial charge >= 0.3 is 0 Å². The summed E-state index contributed by atoms with van der Waals surface area (Å²) in [6.45, 7) is 6.02. The van der Waals surface area contributed by atoms with Gasteiger partial charge in [-0.25, -0.2) is 0 Å². The minimum atomic E-state index is -0.617. The molecule has 2 aromatic carbocycles. The van der Waals surface area contributed by atoms with E-state index in [2.05, 4.69) is 5.32 Å². The summed E-state index contributed by atoms with van der Waals surface area (Å²) in [4.78, 5) is 12.4. The van der Waals surface area contributed by atoms with E-state index in [-0.39, 0.29) is 5.91 Å². The van der Waals surface area contributed by atoms with Gasteiger partial charge in [0.2, 0.25) is 5.75 Å². The summed E-state index contributed by atoms with van der Waals surface area (Å²) in [6, 6.07) is 9.47. The number of hydrogen-bond donors (Lipinski definition) is 1. The molecule has 0 aliphatic heterocycles. The molecule has 2 rings (SSSR count). The van der Waals surface area contributed by atoms with Crippen LogP contribution in [0.1, 0.15) is 23.6 Å². The lowest BCUT2D eigenvalue weighted by Crippen LogP contribution is -2.36. The van der Waals surface area contributed by atoms with Crippen LogP contribution in [-0.4, -0.2) is 33.3 Å². The molecule has 0 heterocycles. The van der Waals surface area contributed by atoms with Crippen LogP contribution in [0.4, 0.5) is 0 Å². The lowest BCUT2D eigenvalue weighted by molar-refractivity contribution is -0.127. The topological polar surface area (TPSA) is 66.0 Å². The molecule has 27 heavy (non-hydrogen) atoms. The van der Waals surface area contributed by atoms with Crippen molar-refractivity contribution in [1.29, 1.82) is 0 Å². The summed E-state index contributed by atoms with van der Waals surface area (Å²) >= 11 is 0. The van der Waals surface area contributed by atoms with Gasteiger partial charge in [-0.05, 0) is 50.1 Å². The summed E-state index contributed by atoms with van der Waals surface area (Å²) in [5.74, 6) is 2.10. The molecule has 0 radical (unpaired) electrons. The van der Waals surface area contributed by atoms with Crippen molar-refractivity contribution < 1.29 is 23.7 Å². The summed E-state index contributed by atoms with van der Waals surface area (Å²) in [5.41, 5.74) is 2.98. The van der Waals surface area contributed by atoms with Crippen LogP contribution in [0.15, 0.2) is 30.3 Å². The summed E-state index contributed by atoms with van der Waals surface area (Å²) < 4.78 is 21.8. The Bertz CT molecular complexity index is 778.